The van der Waals surface area contributed by atoms with E-state index < -0.39 is 0 Å². The van der Waals surface area contributed by atoms with Crippen LogP contribution < -0.4 is 4.74 Å². The second-order valence-corrected chi connectivity index (χ2v) is 7.76. The van der Waals surface area contributed by atoms with E-state index in [1.807, 2.05) is 42.6 Å². The first kappa shape index (κ1) is 19.7. The Morgan fingerprint density at radius 3 is 2.74 bits per heavy atom. The van der Waals surface area contributed by atoms with Gasteiger partial charge in [0.15, 0.2) is 0 Å². The monoisotopic (exact) mass is 411 g/mol. The molecular weight excluding hydrogens is 386 g/mol. The number of ether oxygens (including phenoxy) is 2. The molecule has 5 nitrogen and oxygen atoms in total. The van der Waals surface area contributed by atoms with Crippen molar-refractivity contribution in [2.24, 2.45) is 0 Å². The molecule has 0 saturated carbocycles. The van der Waals surface area contributed by atoms with Crippen molar-refractivity contribution >= 4 is 10.9 Å². The van der Waals surface area contributed by atoms with Crippen LogP contribution in [0, 0.1) is 0 Å². The van der Waals surface area contributed by atoms with Gasteiger partial charge in [-0.15, -0.1) is 0 Å². The molecule has 1 saturated heterocycles. The Balaban J connectivity index is 1.34. The maximum atomic E-state index is 6.11. The van der Waals surface area contributed by atoms with Crippen LogP contribution in [0.3, 0.4) is 0 Å². The lowest BCUT2D eigenvalue weighted by Gasteiger charge is -2.33. The number of pyridine rings is 2. The third kappa shape index (κ3) is 4.29. The van der Waals surface area contributed by atoms with E-state index in [4.69, 9.17) is 14.5 Å². The molecule has 5 heteroatoms. The number of para-hydroxylation sites is 1. The van der Waals surface area contributed by atoms with Crippen molar-refractivity contribution in [2.45, 2.75) is 12.6 Å². The van der Waals surface area contributed by atoms with Crippen LogP contribution in [0.15, 0.2) is 79.0 Å². The van der Waals surface area contributed by atoms with E-state index in [1.54, 1.807) is 7.11 Å². The van der Waals surface area contributed by atoms with Crippen LogP contribution in [0.1, 0.15) is 17.4 Å². The van der Waals surface area contributed by atoms with Gasteiger partial charge in [-0.3, -0.25) is 14.9 Å². The lowest BCUT2D eigenvalue weighted by Crippen LogP contribution is -2.38. The van der Waals surface area contributed by atoms with Gasteiger partial charge in [0.1, 0.15) is 11.9 Å². The molecule has 1 fully saturated rings. The zero-order valence-electron chi connectivity index (χ0n) is 17.6. The Kier molecular flexibility index (Phi) is 5.61. The molecule has 1 atom stereocenters. The highest BCUT2D eigenvalue weighted by molar-refractivity contribution is 5.81. The van der Waals surface area contributed by atoms with Crippen LogP contribution in [0.2, 0.25) is 0 Å². The number of fused-ring (bicyclic) bond motifs is 1. The highest BCUT2D eigenvalue weighted by Crippen LogP contribution is 2.27. The number of morpholine rings is 1. The van der Waals surface area contributed by atoms with Gasteiger partial charge >= 0.3 is 0 Å². The molecule has 2 aromatic carbocycles. The molecule has 0 radical (unpaired) electrons. The average Bonchev–Trinajstić information content (AvgIpc) is 2.85. The molecular formula is C26H25N3O2. The van der Waals surface area contributed by atoms with Crippen LogP contribution in [0.4, 0.5) is 0 Å². The topological polar surface area (TPSA) is 47.5 Å². The number of hydrogen-bond acceptors (Lipinski definition) is 5. The largest absolute Gasteiger partial charge is 0.497 e. The summed E-state index contributed by atoms with van der Waals surface area (Å²) >= 11 is 0. The number of methoxy groups -OCH3 is 1. The molecule has 0 aliphatic carbocycles. The summed E-state index contributed by atoms with van der Waals surface area (Å²) in [5, 5.41) is 1.22. The second kappa shape index (κ2) is 8.84. The van der Waals surface area contributed by atoms with Gasteiger partial charge < -0.3 is 9.47 Å². The smallest absolute Gasteiger partial charge is 0.118 e. The van der Waals surface area contributed by atoms with Crippen LogP contribution in [0.5, 0.6) is 5.75 Å². The van der Waals surface area contributed by atoms with E-state index in [0.29, 0.717) is 6.61 Å². The molecule has 1 aliphatic heterocycles. The second-order valence-electron chi connectivity index (χ2n) is 7.76. The molecule has 0 amide bonds. The predicted octanol–water partition coefficient (Wildman–Crippen LogP) is 4.88. The third-order valence-electron chi connectivity index (χ3n) is 5.77. The van der Waals surface area contributed by atoms with E-state index in [0.717, 1.165) is 47.9 Å². The van der Waals surface area contributed by atoms with Crippen molar-refractivity contribution in [3.05, 3.63) is 90.3 Å². The summed E-state index contributed by atoms with van der Waals surface area (Å²) in [5.74, 6) is 0.842. The van der Waals surface area contributed by atoms with E-state index >= 15 is 0 Å². The summed E-state index contributed by atoms with van der Waals surface area (Å²) in [6.07, 6.45) is 1.86. The number of benzene rings is 2. The van der Waals surface area contributed by atoms with Gasteiger partial charge in [0.05, 0.1) is 30.6 Å². The van der Waals surface area contributed by atoms with Crippen molar-refractivity contribution in [3.8, 4) is 17.0 Å². The summed E-state index contributed by atoms with van der Waals surface area (Å²) in [4.78, 5) is 11.8. The lowest BCUT2D eigenvalue weighted by atomic mass is 10.1. The zero-order valence-corrected chi connectivity index (χ0v) is 17.6. The molecule has 1 aliphatic rings. The van der Waals surface area contributed by atoms with Crippen molar-refractivity contribution in [3.63, 3.8) is 0 Å². The molecule has 2 aromatic heterocycles. The third-order valence-corrected chi connectivity index (χ3v) is 5.77. The molecule has 3 heterocycles. The standard InChI is InChI=1S/C26H25N3O2/c1-30-21-11-9-19(10-12-21)23-7-4-8-25(28-23)26-18-29(15-16-31-26)17-20-13-14-27-24-6-3-2-5-22(20)24/h2-14,26H,15-18H2,1H3. The van der Waals surface area contributed by atoms with Crippen molar-refractivity contribution in [1.29, 1.82) is 0 Å². The Morgan fingerprint density at radius 1 is 1.00 bits per heavy atom. The first-order valence-electron chi connectivity index (χ1n) is 10.6. The van der Waals surface area contributed by atoms with Gasteiger partial charge in [-0.05, 0) is 54.1 Å². The maximum Gasteiger partial charge on any atom is 0.118 e. The molecule has 5 rings (SSSR count). The molecule has 4 aromatic rings. The molecule has 0 bridgehead atoms. The predicted molar refractivity (Wildman–Crippen MR) is 122 cm³/mol. The minimum absolute atomic E-state index is 0.0416. The Morgan fingerprint density at radius 2 is 1.87 bits per heavy atom. The Hall–Kier alpha value is -3.28. The number of aromatic nitrogens is 2. The summed E-state index contributed by atoms with van der Waals surface area (Å²) in [7, 11) is 1.68. The first-order chi connectivity index (χ1) is 15.3. The zero-order chi connectivity index (χ0) is 21.0. The van der Waals surface area contributed by atoms with Crippen molar-refractivity contribution in [2.75, 3.05) is 26.8 Å². The van der Waals surface area contributed by atoms with E-state index in [-0.39, 0.29) is 6.10 Å². The van der Waals surface area contributed by atoms with E-state index in [9.17, 15) is 0 Å². The van der Waals surface area contributed by atoms with Gasteiger partial charge in [-0.25, -0.2) is 0 Å². The fourth-order valence-electron chi connectivity index (χ4n) is 4.11. The van der Waals surface area contributed by atoms with Crippen molar-refractivity contribution < 1.29 is 9.47 Å². The SMILES string of the molecule is COc1ccc(-c2cccc(C3CN(Cc4ccnc5ccccc45)CCO3)n2)cc1. The Bertz CT molecular complexity index is 1170. The fraction of sp³-hybridized carbons (Fsp3) is 0.231. The van der Waals surface area contributed by atoms with Crippen molar-refractivity contribution in [1.82, 2.24) is 14.9 Å². The highest BCUT2D eigenvalue weighted by atomic mass is 16.5. The summed E-state index contributed by atoms with van der Waals surface area (Å²) in [5.41, 5.74) is 5.32. The molecule has 1 unspecified atom stereocenters. The summed E-state index contributed by atoms with van der Waals surface area (Å²) in [6.45, 7) is 3.30. The van der Waals surface area contributed by atoms with Crippen LogP contribution in [-0.2, 0) is 11.3 Å². The lowest BCUT2D eigenvalue weighted by molar-refractivity contribution is -0.0348. The number of nitrogens with zero attached hydrogens (tertiary/aromatic N) is 3. The van der Waals surface area contributed by atoms with Crippen LogP contribution in [-0.4, -0.2) is 41.7 Å². The Labute approximate surface area is 182 Å². The molecule has 0 spiro atoms. The highest BCUT2D eigenvalue weighted by Gasteiger charge is 2.24. The van der Waals surface area contributed by atoms with Gasteiger partial charge in [0.2, 0.25) is 0 Å². The average molecular weight is 412 g/mol. The molecule has 31 heavy (non-hydrogen) atoms. The number of hydrogen-bond donors (Lipinski definition) is 0. The van der Waals surface area contributed by atoms with Gasteiger partial charge in [-0.1, -0.05) is 24.3 Å². The summed E-state index contributed by atoms with van der Waals surface area (Å²) in [6, 6.07) is 24.6. The van der Waals surface area contributed by atoms with Crippen LogP contribution >= 0.6 is 0 Å². The fourth-order valence-corrected chi connectivity index (χ4v) is 4.11. The van der Waals surface area contributed by atoms with Gasteiger partial charge in [0, 0.05) is 36.8 Å². The van der Waals surface area contributed by atoms with E-state index in [2.05, 4.69) is 46.3 Å². The minimum Gasteiger partial charge on any atom is -0.497 e. The maximum absolute atomic E-state index is 6.11. The van der Waals surface area contributed by atoms with Gasteiger partial charge in [0.25, 0.3) is 0 Å². The molecule has 0 N–H and O–H groups in total. The van der Waals surface area contributed by atoms with Gasteiger partial charge in [-0.2, -0.15) is 0 Å². The normalized spacial score (nSPS) is 17.0. The van der Waals surface area contributed by atoms with Crippen LogP contribution in [0.25, 0.3) is 22.2 Å². The minimum atomic E-state index is -0.0416. The quantitative estimate of drug-likeness (QED) is 0.468. The summed E-state index contributed by atoms with van der Waals surface area (Å²) < 4.78 is 11.4. The number of rotatable bonds is 5. The van der Waals surface area contributed by atoms with E-state index in [1.165, 1.54) is 10.9 Å². The molecule has 156 valence electrons. The first-order valence-corrected chi connectivity index (χ1v) is 10.6.